The lowest BCUT2D eigenvalue weighted by molar-refractivity contribution is 0.338. The van der Waals surface area contributed by atoms with Crippen LogP contribution in [-0.2, 0) is 0 Å². The first-order valence-corrected chi connectivity index (χ1v) is 6.36. The topological polar surface area (TPSA) is 29.0 Å². The van der Waals surface area contributed by atoms with Crippen molar-refractivity contribution in [2.75, 3.05) is 11.9 Å². The molecule has 0 bridgehead atoms. The van der Waals surface area contributed by atoms with Crippen molar-refractivity contribution in [3.8, 4) is 0 Å². The monoisotopic (exact) mass is 257 g/mol. The van der Waals surface area contributed by atoms with Gasteiger partial charge in [0.25, 0.3) is 0 Å². The van der Waals surface area contributed by atoms with E-state index in [-0.39, 0.29) is 5.28 Å². The average molecular weight is 258 g/mol. The van der Waals surface area contributed by atoms with Crippen molar-refractivity contribution in [2.45, 2.75) is 38.6 Å². The van der Waals surface area contributed by atoms with Gasteiger partial charge < -0.3 is 4.90 Å². The first kappa shape index (κ1) is 12.6. The fraction of sp³-hybridized carbons (Fsp3) is 0.667. The molecule has 94 valence electrons. The molecule has 1 aromatic rings. The number of nitrogens with zero attached hydrogens (tertiary/aromatic N) is 3. The maximum absolute atomic E-state index is 13.6. The SMILES string of the molecule is CC1CCC(N(C)c2nc(Cl)ncc2F)CC1. The smallest absolute Gasteiger partial charge is 0.224 e. The minimum atomic E-state index is -0.407. The van der Waals surface area contributed by atoms with Crippen molar-refractivity contribution in [3.63, 3.8) is 0 Å². The molecule has 0 spiro atoms. The molecule has 1 fully saturated rings. The lowest BCUT2D eigenvalue weighted by Gasteiger charge is -2.34. The van der Waals surface area contributed by atoms with Gasteiger partial charge in [-0.25, -0.2) is 9.37 Å². The fourth-order valence-electron chi connectivity index (χ4n) is 2.39. The van der Waals surface area contributed by atoms with E-state index in [0.717, 1.165) is 25.0 Å². The molecule has 0 unspecified atom stereocenters. The maximum atomic E-state index is 13.6. The predicted molar refractivity (Wildman–Crippen MR) is 66.8 cm³/mol. The second kappa shape index (κ2) is 5.17. The quantitative estimate of drug-likeness (QED) is 0.762. The van der Waals surface area contributed by atoms with E-state index in [2.05, 4.69) is 16.9 Å². The summed E-state index contributed by atoms with van der Waals surface area (Å²) in [4.78, 5) is 9.50. The first-order chi connectivity index (χ1) is 8.08. The summed E-state index contributed by atoms with van der Waals surface area (Å²) in [6, 6.07) is 0.353. The number of anilines is 1. The van der Waals surface area contributed by atoms with Crippen LogP contribution in [0.25, 0.3) is 0 Å². The molecule has 3 nitrogen and oxygen atoms in total. The van der Waals surface area contributed by atoms with Gasteiger partial charge in [-0.2, -0.15) is 4.98 Å². The van der Waals surface area contributed by atoms with Crippen molar-refractivity contribution >= 4 is 17.4 Å². The molecule has 0 radical (unpaired) electrons. The predicted octanol–water partition coefficient (Wildman–Crippen LogP) is 3.28. The van der Waals surface area contributed by atoms with E-state index in [0.29, 0.717) is 11.9 Å². The Kier molecular flexibility index (Phi) is 3.82. The molecule has 2 rings (SSSR count). The van der Waals surface area contributed by atoms with Crippen LogP contribution in [0, 0.1) is 11.7 Å². The van der Waals surface area contributed by atoms with E-state index in [1.54, 1.807) is 0 Å². The maximum Gasteiger partial charge on any atom is 0.224 e. The molecule has 1 aromatic heterocycles. The third-order valence-corrected chi connectivity index (χ3v) is 3.75. The molecule has 0 aliphatic heterocycles. The Morgan fingerprint density at radius 3 is 2.65 bits per heavy atom. The van der Waals surface area contributed by atoms with Crippen molar-refractivity contribution in [3.05, 3.63) is 17.3 Å². The standard InChI is InChI=1S/C12H17ClFN3/c1-8-3-5-9(6-4-8)17(2)11-10(14)7-15-12(13)16-11/h7-9H,3-6H2,1-2H3. The van der Waals surface area contributed by atoms with Gasteiger partial charge in [0, 0.05) is 13.1 Å². The van der Waals surface area contributed by atoms with Crippen LogP contribution >= 0.6 is 11.6 Å². The van der Waals surface area contributed by atoms with Crippen LogP contribution in [0.5, 0.6) is 0 Å². The molecular weight excluding hydrogens is 241 g/mol. The molecule has 1 heterocycles. The molecule has 0 aromatic carbocycles. The van der Waals surface area contributed by atoms with E-state index in [4.69, 9.17) is 11.6 Å². The van der Waals surface area contributed by atoms with E-state index in [9.17, 15) is 4.39 Å². The molecular formula is C12H17ClFN3. The van der Waals surface area contributed by atoms with Crippen LogP contribution in [0.4, 0.5) is 10.2 Å². The fourth-order valence-corrected chi connectivity index (χ4v) is 2.52. The summed E-state index contributed by atoms with van der Waals surface area (Å²) >= 11 is 5.71. The molecule has 0 atom stereocenters. The summed E-state index contributed by atoms with van der Waals surface area (Å²) in [6.07, 6.45) is 5.68. The van der Waals surface area contributed by atoms with Gasteiger partial charge >= 0.3 is 0 Å². The number of hydrogen-bond acceptors (Lipinski definition) is 3. The van der Waals surface area contributed by atoms with Crippen LogP contribution in [0.1, 0.15) is 32.6 Å². The van der Waals surface area contributed by atoms with Gasteiger partial charge in [-0.3, -0.25) is 0 Å². The molecule has 0 N–H and O–H groups in total. The molecule has 1 saturated carbocycles. The highest BCUT2D eigenvalue weighted by Gasteiger charge is 2.24. The zero-order chi connectivity index (χ0) is 12.4. The Balaban J connectivity index is 2.13. The first-order valence-electron chi connectivity index (χ1n) is 5.99. The van der Waals surface area contributed by atoms with Gasteiger partial charge in [-0.05, 0) is 43.2 Å². The highest BCUT2D eigenvalue weighted by Crippen LogP contribution is 2.29. The van der Waals surface area contributed by atoms with Crippen LogP contribution < -0.4 is 4.90 Å². The molecule has 5 heteroatoms. The van der Waals surface area contributed by atoms with E-state index in [1.165, 1.54) is 12.8 Å². The molecule has 0 amide bonds. The van der Waals surface area contributed by atoms with Crippen molar-refractivity contribution < 1.29 is 4.39 Å². The Labute approximate surface area is 106 Å². The zero-order valence-corrected chi connectivity index (χ0v) is 10.9. The molecule has 17 heavy (non-hydrogen) atoms. The summed E-state index contributed by atoms with van der Waals surface area (Å²) in [5.74, 6) is 0.679. The summed E-state index contributed by atoms with van der Waals surface area (Å²) in [6.45, 7) is 2.26. The van der Waals surface area contributed by atoms with E-state index >= 15 is 0 Å². The average Bonchev–Trinajstić information content (AvgIpc) is 2.32. The summed E-state index contributed by atoms with van der Waals surface area (Å²) in [5.41, 5.74) is 0. The normalized spacial score (nSPS) is 24.7. The third kappa shape index (κ3) is 2.86. The number of aromatic nitrogens is 2. The highest BCUT2D eigenvalue weighted by molar-refractivity contribution is 6.28. The second-order valence-electron chi connectivity index (χ2n) is 4.84. The van der Waals surface area contributed by atoms with Crippen LogP contribution in [-0.4, -0.2) is 23.1 Å². The van der Waals surface area contributed by atoms with E-state index in [1.807, 2.05) is 11.9 Å². The third-order valence-electron chi connectivity index (χ3n) is 3.56. The lowest BCUT2D eigenvalue weighted by Crippen LogP contribution is -2.36. The Morgan fingerprint density at radius 2 is 2.00 bits per heavy atom. The Hall–Kier alpha value is -0.900. The summed E-state index contributed by atoms with van der Waals surface area (Å²) in [7, 11) is 1.88. The minimum absolute atomic E-state index is 0.0948. The molecule has 1 aliphatic rings. The van der Waals surface area contributed by atoms with Crippen LogP contribution in [0.15, 0.2) is 6.20 Å². The summed E-state index contributed by atoms with van der Waals surface area (Å²) < 4.78 is 13.6. The highest BCUT2D eigenvalue weighted by atomic mass is 35.5. The van der Waals surface area contributed by atoms with E-state index < -0.39 is 5.82 Å². The largest absolute Gasteiger partial charge is 0.354 e. The molecule has 0 saturated heterocycles. The zero-order valence-electron chi connectivity index (χ0n) is 10.2. The van der Waals surface area contributed by atoms with Gasteiger partial charge in [-0.15, -0.1) is 0 Å². The van der Waals surface area contributed by atoms with Crippen LogP contribution in [0.3, 0.4) is 0 Å². The van der Waals surface area contributed by atoms with Crippen molar-refractivity contribution in [2.24, 2.45) is 5.92 Å². The van der Waals surface area contributed by atoms with Gasteiger partial charge in [-0.1, -0.05) is 6.92 Å². The van der Waals surface area contributed by atoms with Gasteiger partial charge in [0.1, 0.15) is 0 Å². The van der Waals surface area contributed by atoms with Crippen molar-refractivity contribution in [1.82, 2.24) is 9.97 Å². The summed E-state index contributed by atoms with van der Waals surface area (Å²) in [5, 5.41) is 0.0948. The molecule has 1 aliphatic carbocycles. The van der Waals surface area contributed by atoms with Gasteiger partial charge in [0.05, 0.1) is 6.20 Å². The van der Waals surface area contributed by atoms with Crippen LogP contribution in [0.2, 0.25) is 5.28 Å². The van der Waals surface area contributed by atoms with Gasteiger partial charge in [0.15, 0.2) is 11.6 Å². The number of hydrogen-bond donors (Lipinski definition) is 0. The minimum Gasteiger partial charge on any atom is -0.354 e. The lowest BCUT2D eigenvalue weighted by atomic mass is 9.87. The second-order valence-corrected chi connectivity index (χ2v) is 5.17. The van der Waals surface area contributed by atoms with Crippen molar-refractivity contribution in [1.29, 1.82) is 0 Å². The Morgan fingerprint density at radius 1 is 1.35 bits per heavy atom. The Bertz CT molecular complexity index is 391. The van der Waals surface area contributed by atoms with Gasteiger partial charge in [0.2, 0.25) is 5.28 Å². The number of rotatable bonds is 2. The number of halogens is 2.